The minimum atomic E-state index is -0.584. The van der Waals surface area contributed by atoms with Crippen LogP contribution in [-0.2, 0) is 9.59 Å². The Morgan fingerprint density at radius 1 is 1.00 bits per heavy atom. The summed E-state index contributed by atoms with van der Waals surface area (Å²) in [7, 11) is 1.54. The quantitative estimate of drug-likeness (QED) is 0.816. The topological polar surface area (TPSA) is 58.6 Å². The molecule has 0 aliphatic carbocycles. The molecule has 1 N–H and O–H groups in total. The average Bonchev–Trinajstić information content (AvgIpc) is 2.82. The largest absolute Gasteiger partial charge is 0.497 e. The maximum atomic E-state index is 12.7. The number of hydrogen-bond acceptors (Lipinski definition) is 4. The third-order valence-corrected chi connectivity index (χ3v) is 4.40. The number of nitrogens with zero attached hydrogens (tertiary/aromatic N) is 1. The van der Waals surface area contributed by atoms with Gasteiger partial charge in [-0.3, -0.25) is 9.59 Å². The zero-order valence-electron chi connectivity index (χ0n) is 13.5. The van der Waals surface area contributed by atoms with Crippen molar-refractivity contribution in [3.8, 4) is 5.75 Å². The van der Waals surface area contributed by atoms with Crippen LogP contribution in [0, 0.1) is 6.92 Å². The zero-order valence-corrected chi connectivity index (χ0v) is 15.0. The van der Waals surface area contributed by atoms with Gasteiger partial charge < -0.3 is 10.1 Å². The fourth-order valence-electron chi connectivity index (χ4n) is 2.44. The van der Waals surface area contributed by atoms with Crippen molar-refractivity contribution in [2.45, 2.75) is 6.92 Å². The lowest BCUT2D eigenvalue weighted by Gasteiger charge is -2.16. The van der Waals surface area contributed by atoms with Gasteiger partial charge in [-0.2, -0.15) is 0 Å². The normalized spacial score (nSPS) is 14.3. The first-order valence-electron chi connectivity index (χ1n) is 7.38. The minimum Gasteiger partial charge on any atom is -0.497 e. The molecule has 0 unspecified atom stereocenters. The highest BCUT2D eigenvalue weighted by Gasteiger charge is 2.39. The van der Waals surface area contributed by atoms with Gasteiger partial charge in [0.15, 0.2) is 0 Å². The minimum absolute atomic E-state index is 0.0212. The van der Waals surface area contributed by atoms with Gasteiger partial charge in [-0.05, 0) is 48.9 Å². The number of halogens is 2. The van der Waals surface area contributed by atoms with E-state index >= 15 is 0 Å². The summed E-state index contributed by atoms with van der Waals surface area (Å²) in [6.45, 7) is 1.86. The number of benzene rings is 2. The van der Waals surface area contributed by atoms with E-state index in [2.05, 4.69) is 5.32 Å². The van der Waals surface area contributed by atoms with Gasteiger partial charge in [-0.1, -0.05) is 29.3 Å². The molecule has 0 fully saturated rings. The number of nitrogens with one attached hydrogen (secondary N) is 1. The third kappa shape index (κ3) is 3.21. The Balaban J connectivity index is 1.92. The van der Waals surface area contributed by atoms with Crippen molar-refractivity contribution in [3.05, 3.63) is 63.8 Å². The number of amides is 2. The number of carbonyl (C=O) groups is 2. The Labute approximate surface area is 154 Å². The summed E-state index contributed by atoms with van der Waals surface area (Å²) in [5, 5.41) is 3.27. The van der Waals surface area contributed by atoms with Crippen molar-refractivity contribution < 1.29 is 14.3 Å². The molecule has 5 nitrogen and oxygen atoms in total. The monoisotopic (exact) mass is 376 g/mol. The molecular formula is C18H14Cl2N2O3. The summed E-state index contributed by atoms with van der Waals surface area (Å²) in [4.78, 5) is 26.2. The molecule has 2 amide bonds. The smallest absolute Gasteiger partial charge is 0.283 e. The molecule has 0 spiro atoms. The molecule has 7 heteroatoms. The van der Waals surface area contributed by atoms with E-state index in [0.29, 0.717) is 22.1 Å². The van der Waals surface area contributed by atoms with Gasteiger partial charge >= 0.3 is 0 Å². The molecule has 0 saturated heterocycles. The van der Waals surface area contributed by atoms with Crippen LogP contribution in [0.3, 0.4) is 0 Å². The van der Waals surface area contributed by atoms with Crippen LogP contribution >= 0.6 is 23.2 Å². The van der Waals surface area contributed by atoms with Gasteiger partial charge in [0.05, 0.1) is 12.8 Å². The van der Waals surface area contributed by atoms with E-state index in [0.717, 1.165) is 10.5 Å². The van der Waals surface area contributed by atoms with Crippen molar-refractivity contribution in [1.29, 1.82) is 0 Å². The second kappa shape index (κ2) is 6.78. The Kier molecular flexibility index (Phi) is 4.70. The highest BCUT2D eigenvalue weighted by atomic mass is 35.5. The number of ether oxygens (including phenoxy) is 1. The van der Waals surface area contributed by atoms with Gasteiger partial charge in [0, 0.05) is 10.7 Å². The van der Waals surface area contributed by atoms with Gasteiger partial charge in [0.1, 0.15) is 16.5 Å². The fraction of sp³-hybridized carbons (Fsp3) is 0.111. The summed E-state index contributed by atoms with van der Waals surface area (Å²) in [6, 6.07) is 11.8. The number of hydrogen-bond donors (Lipinski definition) is 1. The van der Waals surface area contributed by atoms with Gasteiger partial charge in [-0.15, -0.1) is 0 Å². The molecule has 2 aromatic rings. The van der Waals surface area contributed by atoms with Crippen LogP contribution in [0.1, 0.15) is 5.56 Å². The molecule has 0 aromatic heterocycles. The van der Waals surface area contributed by atoms with E-state index < -0.39 is 11.8 Å². The summed E-state index contributed by atoms with van der Waals surface area (Å²) in [5.74, 6) is -0.492. The first-order valence-corrected chi connectivity index (χ1v) is 8.13. The molecule has 25 heavy (non-hydrogen) atoms. The average molecular weight is 377 g/mol. The molecule has 1 aliphatic heterocycles. The SMILES string of the molecule is COc1ccc(N2C(=O)C(Cl)=C(Nc3cc(Cl)ccc3C)C2=O)cc1. The molecule has 3 rings (SSSR count). The van der Waals surface area contributed by atoms with Gasteiger partial charge in [0.25, 0.3) is 11.8 Å². The standard InChI is InChI=1S/C18H14Cl2N2O3/c1-10-3-4-11(19)9-14(10)21-16-15(20)17(23)22(18(16)24)12-5-7-13(25-2)8-6-12/h3-9,21H,1-2H3. The zero-order chi connectivity index (χ0) is 18.1. The number of anilines is 2. The summed E-state index contributed by atoms with van der Waals surface area (Å²) in [5.41, 5.74) is 1.91. The Morgan fingerprint density at radius 2 is 1.68 bits per heavy atom. The third-order valence-electron chi connectivity index (χ3n) is 3.82. The van der Waals surface area contributed by atoms with Crippen LogP contribution in [0.15, 0.2) is 53.2 Å². The van der Waals surface area contributed by atoms with E-state index in [9.17, 15) is 9.59 Å². The van der Waals surface area contributed by atoms with Crippen molar-refractivity contribution in [1.82, 2.24) is 0 Å². The molecule has 0 atom stereocenters. The number of imide groups is 1. The molecule has 128 valence electrons. The number of aryl methyl sites for hydroxylation is 1. The molecule has 1 heterocycles. The molecule has 0 saturated carbocycles. The van der Waals surface area contributed by atoms with E-state index in [4.69, 9.17) is 27.9 Å². The Morgan fingerprint density at radius 3 is 2.32 bits per heavy atom. The van der Waals surface area contributed by atoms with Crippen LogP contribution in [0.5, 0.6) is 5.75 Å². The van der Waals surface area contributed by atoms with Crippen molar-refractivity contribution in [2.24, 2.45) is 0 Å². The van der Waals surface area contributed by atoms with Gasteiger partial charge in [0.2, 0.25) is 0 Å². The highest BCUT2D eigenvalue weighted by molar-refractivity contribution is 6.53. The van der Waals surface area contributed by atoms with Crippen molar-refractivity contribution in [3.63, 3.8) is 0 Å². The van der Waals surface area contributed by atoms with E-state index in [1.165, 1.54) is 7.11 Å². The number of carbonyl (C=O) groups excluding carboxylic acids is 2. The van der Waals surface area contributed by atoms with Crippen LogP contribution in [0.2, 0.25) is 5.02 Å². The molecule has 2 aromatic carbocycles. The second-order valence-corrected chi connectivity index (χ2v) is 6.23. The number of methoxy groups -OCH3 is 1. The predicted molar refractivity (Wildman–Crippen MR) is 98.2 cm³/mol. The lowest BCUT2D eigenvalue weighted by Crippen LogP contribution is -2.32. The van der Waals surface area contributed by atoms with Crippen LogP contribution < -0.4 is 15.0 Å². The van der Waals surface area contributed by atoms with Crippen molar-refractivity contribution >= 4 is 46.4 Å². The lowest BCUT2D eigenvalue weighted by molar-refractivity contribution is -0.120. The molecular weight excluding hydrogens is 363 g/mol. The maximum absolute atomic E-state index is 12.7. The number of rotatable bonds is 4. The van der Waals surface area contributed by atoms with E-state index in [1.54, 1.807) is 36.4 Å². The summed E-state index contributed by atoms with van der Waals surface area (Å²) in [6.07, 6.45) is 0. The van der Waals surface area contributed by atoms with Crippen LogP contribution in [0.4, 0.5) is 11.4 Å². The first kappa shape index (κ1) is 17.3. The van der Waals surface area contributed by atoms with Crippen LogP contribution in [-0.4, -0.2) is 18.9 Å². The Bertz CT molecular complexity index is 892. The maximum Gasteiger partial charge on any atom is 0.283 e. The second-order valence-electron chi connectivity index (χ2n) is 5.42. The molecule has 0 radical (unpaired) electrons. The first-order chi connectivity index (χ1) is 11.9. The van der Waals surface area contributed by atoms with E-state index in [-0.39, 0.29) is 10.7 Å². The fourth-order valence-corrected chi connectivity index (χ4v) is 2.83. The summed E-state index contributed by atoms with van der Waals surface area (Å²) >= 11 is 12.1. The lowest BCUT2D eigenvalue weighted by atomic mass is 10.2. The Hall–Kier alpha value is -2.50. The predicted octanol–water partition coefficient (Wildman–Crippen LogP) is 4.09. The van der Waals surface area contributed by atoms with Crippen molar-refractivity contribution in [2.75, 3.05) is 17.3 Å². The summed E-state index contributed by atoms with van der Waals surface area (Å²) < 4.78 is 5.08. The molecule has 0 bridgehead atoms. The molecule has 1 aliphatic rings. The highest BCUT2D eigenvalue weighted by Crippen LogP contribution is 2.32. The van der Waals surface area contributed by atoms with E-state index in [1.807, 2.05) is 13.0 Å². The van der Waals surface area contributed by atoms with Crippen LogP contribution in [0.25, 0.3) is 0 Å². The van der Waals surface area contributed by atoms with Gasteiger partial charge in [-0.25, -0.2) is 4.90 Å².